The van der Waals surface area contributed by atoms with Gasteiger partial charge in [0.1, 0.15) is 0 Å². The van der Waals surface area contributed by atoms with Gasteiger partial charge in [0, 0.05) is 28.7 Å². The van der Waals surface area contributed by atoms with Crippen molar-refractivity contribution in [2.45, 2.75) is 25.9 Å². The molecule has 0 aliphatic heterocycles. The van der Waals surface area contributed by atoms with Crippen molar-refractivity contribution in [3.8, 4) is 0 Å². The fourth-order valence-corrected chi connectivity index (χ4v) is 3.37. The molecule has 142 valence electrons. The highest BCUT2D eigenvalue weighted by atomic mass is 35.5. The predicted octanol–water partition coefficient (Wildman–Crippen LogP) is 4.47. The minimum atomic E-state index is -1.59. The second-order valence-electron chi connectivity index (χ2n) is 5.79. The van der Waals surface area contributed by atoms with Gasteiger partial charge in [-0.2, -0.15) is 0 Å². The first-order chi connectivity index (χ1) is 12.7. The Bertz CT molecular complexity index is 850. The van der Waals surface area contributed by atoms with Crippen molar-refractivity contribution in [1.29, 1.82) is 0 Å². The molecular weight excluding hydrogens is 395 g/mol. The van der Waals surface area contributed by atoms with Crippen LogP contribution in [0.15, 0.2) is 42.5 Å². The van der Waals surface area contributed by atoms with Crippen molar-refractivity contribution < 1.29 is 19.6 Å². The number of aliphatic carboxylic acids is 1. The molecular formula is C18H16Cl2N2O5. The second-order valence-corrected chi connectivity index (χ2v) is 6.66. The standard InChI is InChI=1S/C18H16Cl2N2O5/c1-2-16(12-3-5-15(6-4-12)22(26)27)21(17(23)18(24)25)10-11-7-13(19)9-14(20)8-11/h3-9,16H,2,10H2,1H3,(H,24,25). The van der Waals surface area contributed by atoms with Crippen LogP contribution in [0.3, 0.4) is 0 Å². The lowest BCUT2D eigenvalue weighted by Crippen LogP contribution is -2.38. The number of non-ortho nitro benzene ring substituents is 1. The summed E-state index contributed by atoms with van der Waals surface area (Å²) in [6.07, 6.45) is 0.408. The van der Waals surface area contributed by atoms with Crippen molar-refractivity contribution >= 4 is 40.8 Å². The average Bonchev–Trinajstić information content (AvgIpc) is 2.60. The lowest BCUT2D eigenvalue weighted by Gasteiger charge is -2.30. The molecule has 0 saturated heterocycles. The summed E-state index contributed by atoms with van der Waals surface area (Å²) in [6.45, 7) is 1.76. The molecule has 0 aromatic heterocycles. The van der Waals surface area contributed by atoms with Gasteiger partial charge >= 0.3 is 11.9 Å². The summed E-state index contributed by atoms with van der Waals surface area (Å²) in [5.41, 5.74) is 1.07. The Kier molecular flexibility index (Phi) is 6.76. The minimum absolute atomic E-state index is 0.0269. The van der Waals surface area contributed by atoms with Crippen molar-refractivity contribution in [2.24, 2.45) is 0 Å². The number of hydrogen-bond donors (Lipinski definition) is 1. The van der Waals surface area contributed by atoms with E-state index < -0.39 is 22.8 Å². The predicted molar refractivity (Wildman–Crippen MR) is 101 cm³/mol. The molecule has 0 spiro atoms. The molecule has 2 aromatic carbocycles. The maximum Gasteiger partial charge on any atom is 0.394 e. The number of carboxylic acids is 1. The highest BCUT2D eigenvalue weighted by molar-refractivity contribution is 6.34. The third-order valence-corrected chi connectivity index (χ3v) is 4.41. The summed E-state index contributed by atoms with van der Waals surface area (Å²) in [7, 11) is 0. The summed E-state index contributed by atoms with van der Waals surface area (Å²) in [6, 6.07) is 9.79. The van der Waals surface area contributed by atoms with Gasteiger partial charge in [0.15, 0.2) is 0 Å². The van der Waals surface area contributed by atoms with Crippen LogP contribution in [0.1, 0.15) is 30.5 Å². The van der Waals surface area contributed by atoms with Crippen molar-refractivity contribution in [3.63, 3.8) is 0 Å². The largest absolute Gasteiger partial charge is 0.474 e. The number of carboxylic acid groups (broad SMARTS) is 1. The van der Waals surface area contributed by atoms with E-state index in [4.69, 9.17) is 23.2 Å². The van der Waals surface area contributed by atoms with E-state index in [2.05, 4.69) is 0 Å². The van der Waals surface area contributed by atoms with Crippen LogP contribution in [0.4, 0.5) is 5.69 Å². The van der Waals surface area contributed by atoms with E-state index in [1.54, 1.807) is 19.1 Å². The number of rotatable bonds is 6. The Hall–Kier alpha value is -2.64. The summed E-state index contributed by atoms with van der Waals surface area (Å²) in [5.74, 6) is -2.68. The molecule has 1 unspecified atom stereocenters. The summed E-state index contributed by atoms with van der Waals surface area (Å²) >= 11 is 12.0. The Balaban J connectivity index is 2.42. The molecule has 2 aromatic rings. The normalized spacial score (nSPS) is 11.7. The molecule has 9 heteroatoms. The van der Waals surface area contributed by atoms with E-state index >= 15 is 0 Å². The van der Waals surface area contributed by atoms with Gasteiger partial charge in [0.05, 0.1) is 11.0 Å². The molecule has 0 saturated carbocycles. The summed E-state index contributed by atoms with van der Waals surface area (Å²) < 4.78 is 0. The summed E-state index contributed by atoms with van der Waals surface area (Å²) in [4.78, 5) is 35.1. The third kappa shape index (κ3) is 5.18. The molecule has 1 atom stereocenters. The fourth-order valence-electron chi connectivity index (χ4n) is 2.80. The highest BCUT2D eigenvalue weighted by Gasteiger charge is 2.29. The Morgan fingerprint density at radius 3 is 2.15 bits per heavy atom. The van der Waals surface area contributed by atoms with Gasteiger partial charge < -0.3 is 10.0 Å². The molecule has 7 nitrogen and oxygen atoms in total. The molecule has 0 aliphatic carbocycles. The van der Waals surface area contributed by atoms with Crippen LogP contribution in [-0.4, -0.2) is 26.8 Å². The zero-order chi connectivity index (χ0) is 20.1. The first-order valence-corrected chi connectivity index (χ1v) is 8.71. The van der Waals surface area contributed by atoms with Crippen LogP contribution in [0, 0.1) is 10.1 Å². The van der Waals surface area contributed by atoms with Crippen LogP contribution < -0.4 is 0 Å². The fraction of sp³-hybridized carbons (Fsp3) is 0.222. The van der Waals surface area contributed by atoms with E-state index in [-0.39, 0.29) is 12.2 Å². The molecule has 27 heavy (non-hydrogen) atoms. The van der Waals surface area contributed by atoms with Crippen LogP contribution in [-0.2, 0) is 16.1 Å². The van der Waals surface area contributed by atoms with Gasteiger partial charge in [-0.05, 0) is 35.7 Å². The number of halogens is 2. The molecule has 1 amide bonds. The maximum absolute atomic E-state index is 12.3. The Morgan fingerprint density at radius 2 is 1.70 bits per heavy atom. The Labute approximate surface area is 165 Å². The van der Waals surface area contributed by atoms with Gasteiger partial charge in [0.2, 0.25) is 0 Å². The topological polar surface area (TPSA) is 101 Å². The van der Waals surface area contributed by atoms with Crippen LogP contribution in [0.2, 0.25) is 10.0 Å². The van der Waals surface area contributed by atoms with Crippen LogP contribution in [0.25, 0.3) is 0 Å². The summed E-state index contributed by atoms with van der Waals surface area (Å²) in [5, 5.41) is 20.8. The van der Waals surface area contributed by atoms with E-state index in [0.29, 0.717) is 27.6 Å². The van der Waals surface area contributed by atoms with Crippen molar-refractivity contribution in [3.05, 3.63) is 73.8 Å². The average molecular weight is 411 g/mol. The molecule has 1 N–H and O–H groups in total. The lowest BCUT2D eigenvalue weighted by molar-refractivity contribution is -0.384. The highest BCUT2D eigenvalue weighted by Crippen LogP contribution is 2.29. The first kappa shape index (κ1) is 20.7. The second kappa shape index (κ2) is 8.83. The van der Waals surface area contributed by atoms with Gasteiger partial charge in [-0.3, -0.25) is 14.9 Å². The zero-order valence-corrected chi connectivity index (χ0v) is 15.8. The molecule has 0 aliphatic rings. The number of amides is 1. The Morgan fingerprint density at radius 1 is 1.15 bits per heavy atom. The first-order valence-electron chi connectivity index (χ1n) is 7.96. The molecule has 0 bridgehead atoms. The lowest BCUT2D eigenvalue weighted by atomic mass is 10.0. The van der Waals surface area contributed by atoms with Gasteiger partial charge in [-0.1, -0.05) is 42.3 Å². The number of nitrogens with zero attached hydrogens (tertiary/aromatic N) is 2. The number of benzene rings is 2. The van der Waals surface area contributed by atoms with E-state index in [9.17, 15) is 24.8 Å². The van der Waals surface area contributed by atoms with E-state index in [0.717, 1.165) is 0 Å². The zero-order valence-electron chi connectivity index (χ0n) is 14.3. The van der Waals surface area contributed by atoms with E-state index in [1.807, 2.05) is 0 Å². The van der Waals surface area contributed by atoms with E-state index in [1.165, 1.54) is 35.2 Å². The van der Waals surface area contributed by atoms with Gasteiger partial charge in [-0.25, -0.2) is 4.79 Å². The molecule has 2 rings (SSSR count). The quantitative estimate of drug-likeness (QED) is 0.430. The molecule has 0 heterocycles. The van der Waals surface area contributed by atoms with Gasteiger partial charge in [0.25, 0.3) is 5.69 Å². The smallest absolute Gasteiger partial charge is 0.394 e. The number of nitro benzene ring substituents is 1. The number of carbonyl (C=O) groups is 2. The van der Waals surface area contributed by atoms with Crippen LogP contribution >= 0.6 is 23.2 Å². The SMILES string of the molecule is CCC(c1ccc([N+](=O)[O-])cc1)N(Cc1cc(Cl)cc(Cl)c1)C(=O)C(=O)O. The van der Waals surface area contributed by atoms with Crippen LogP contribution in [0.5, 0.6) is 0 Å². The number of carbonyl (C=O) groups excluding carboxylic acids is 1. The maximum atomic E-state index is 12.3. The molecule has 0 fully saturated rings. The number of hydrogen-bond acceptors (Lipinski definition) is 4. The monoisotopic (exact) mass is 410 g/mol. The van der Waals surface area contributed by atoms with Crippen molar-refractivity contribution in [1.82, 2.24) is 4.90 Å². The number of nitro groups is 1. The third-order valence-electron chi connectivity index (χ3n) is 3.97. The molecule has 0 radical (unpaired) electrons. The minimum Gasteiger partial charge on any atom is -0.474 e. The van der Waals surface area contributed by atoms with Crippen molar-refractivity contribution in [2.75, 3.05) is 0 Å². The van der Waals surface area contributed by atoms with Gasteiger partial charge in [-0.15, -0.1) is 0 Å².